The lowest BCUT2D eigenvalue weighted by Gasteiger charge is -2.27. The van der Waals surface area contributed by atoms with Crippen LogP contribution in [0.2, 0.25) is 0 Å². The topological polar surface area (TPSA) is 53.7 Å². The summed E-state index contributed by atoms with van der Waals surface area (Å²) in [4.78, 5) is 0. The Hall–Kier alpha value is -1.26. The van der Waals surface area contributed by atoms with Gasteiger partial charge < -0.3 is 19.9 Å². The monoisotopic (exact) mass is 239 g/mol. The standard InChI is InChI=1S/C13H21NO3/c1-5-17-11-7-6-10(8-12(11)15-3)13(2,9-14)16-4/h6-8H,5,9,14H2,1-4H3. The molecule has 0 spiro atoms. The number of rotatable bonds is 6. The average molecular weight is 239 g/mol. The predicted molar refractivity (Wildman–Crippen MR) is 67.6 cm³/mol. The van der Waals surface area contributed by atoms with Gasteiger partial charge in [-0.05, 0) is 31.5 Å². The maximum absolute atomic E-state index is 5.74. The summed E-state index contributed by atoms with van der Waals surface area (Å²) in [5.74, 6) is 1.43. The zero-order chi connectivity index (χ0) is 12.9. The summed E-state index contributed by atoms with van der Waals surface area (Å²) in [6, 6.07) is 5.73. The van der Waals surface area contributed by atoms with E-state index < -0.39 is 5.60 Å². The van der Waals surface area contributed by atoms with Crippen LogP contribution in [0.15, 0.2) is 18.2 Å². The first-order valence-corrected chi connectivity index (χ1v) is 5.67. The third-order valence-corrected chi connectivity index (χ3v) is 2.91. The van der Waals surface area contributed by atoms with Crippen LogP contribution in [-0.2, 0) is 10.3 Å². The van der Waals surface area contributed by atoms with Crippen molar-refractivity contribution in [2.45, 2.75) is 19.4 Å². The molecule has 4 heteroatoms. The van der Waals surface area contributed by atoms with Crippen molar-refractivity contribution in [1.29, 1.82) is 0 Å². The van der Waals surface area contributed by atoms with Crippen LogP contribution in [-0.4, -0.2) is 27.4 Å². The lowest BCUT2D eigenvalue weighted by Crippen LogP contribution is -2.33. The Morgan fingerprint density at radius 3 is 2.41 bits per heavy atom. The average Bonchev–Trinajstić information content (AvgIpc) is 2.38. The summed E-state index contributed by atoms with van der Waals surface area (Å²) < 4.78 is 16.2. The largest absolute Gasteiger partial charge is 0.493 e. The third kappa shape index (κ3) is 2.90. The minimum absolute atomic E-state index is 0.403. The molecule has 96 valence electrons. The minimum atomic E-state index is -0.502. The van der Waals surface area contributed by atoms with Crippen molar-refractivity contribution in [1.82, 2.24) is 0 Å². The van der Waals surface area contributed by atoms with Crippen molar-refractivity contribution in [3.8, 4) is 11.5 Å². The van der Waals surface area contributed by atoms with Gasteiger partial charge in [-0.25, -0.2) is 0 Å². The van der Waals surface area contributed by atoms with Gasteiger partial charge in [0.05, 0.1) is 13.7 Å². The highest BCUT2D eigenvalue weighted by atomic mass is 16.5. The van der Waals surface area contributed by atoms with E-state index in [1.54, 1.807) is 14.2 Å². The van der Waals surface area contributed by atoms with E-state index in [0.717, 1.165) is 11.3 Å². The fraction of sp³-hybridized carbons (Fsp3) is 0.538. The molecule has 0 fully saturated rings. The molecule has 0 saturated carbocycles. The van der Waals surface area contributed by atoms with Gasteiger partial charge in [-0.1, -0.05) is 6.07 Å². The Labute approximate surface area is 103 Å². The maximum atomic E-state index is 5.74. The molecular weight excluding hydrogens is 218 g/mol. The molecule has 1 atom stereocenters. The normalized spacial score (nSPS) is 14.2. The van der Waals surface area contributed by atoms with E-state index in [4.69, 9.17) is 19.9 Å². The molecular formula is C13H21NO3. The first kappa shape index (κ1) is 13.8. The fourth-order valence-electron chi connectivity index (χ4n) is 1.59. The van der Waals surface area contributed by atoms with Crippen LogP contribution in [0.5, 0.6) is 11.5 Å². The van der Waals surface area contributed by atoms with Gasteiger partial charge in [-0.15, -0.1) is 0 Å². The zero-order valence-electron chi connectivity index (χ0n) is 10.9. The Morgan fingerprint density at radius 2 is 1.94 bits per heavy atom. The molecule has 1 aromatic rings. The Kier molecular flexibility index (Phi) is 4.78. The van der Waals surface area contributed by atoms with E-state index in [0.29, 0.717) is 18.9 Å². The van der Waals surface area contributed by atoms with Crippen molar-refractivity contribution in [2.24, 2.45) is 5.73 Å². The second-order valence-electron chi connectivity index (χ2n) is 3.94. The van der Waals surface area contributed by atoms with Crippen LogP contribution in [0, 0.1) is 0 Å². The molecule has 0 aliphatic heterocycles. The van der Waals surface area contributed by atoms with Gasteiger partial charge in [0.1, 0.15) is 5.60 Å². The van der Waals surface area contributed by atoms with Crippen LogP contribution in [0.3, 0.4) is 0 Å². The zero-order valence-corrected chi connectivity index (χ0v) is 10.9. The predicted octanol–water partition coefficient (Wildman–Crippen LogP) is 1.91. The molecule has 17 heavy (non-hydrogen) atoms. The summed E-state index contributed by atoms with van der Waals surface area (Å²) in [6.45, 7) is 4.89. The molecule has 0 amide bonds. The highest BCUT2D eigenvalue weighted by molar-refractivity contribution is 5.44. The quantitative estimate of drug-likeness (QED) is 0.824. The Morgan fingerprint density at radius 1 is 1.24 bits per heavy atom. The van der Waals surface area contributed by atoms with Crippen molar-refractivity contribution < 1.29 is 14.2 Å². The molecule has 0 radical (unpaired) electrons. The van der Waals surface area contributed by atoms with Crippen LogP contribution in [0.4, 0.5) is 0 Å². The van der Waals surface area contributed by atoms with Crippen LogP contribution in [0.25, 0.3) is 0 Å². The van der Waals surface area contributed by atoms with E-state index in [9.17, 15) is 0 Å². The van der Waals surface area contributed by atoms with Crippen LogP contribution < -0.4 is 15.2 Å². The van der Waals surface area contributed by atoms with Crippen molar-refractivity contribution >= 4 is 0 Å². The van der Waals surface area contributed by atoms with E-state index in [1.165, 1.54) is 0 Å². The molecule has 0 aliphatic carbocycles. The van der Waals surface area contributed by atoms with Gasteiger partial charge in [0.15, 0.2) is 11.5 Å². The van der Waals surface area contributed by atoms with Crippen LogP contribution in [0.1, 0.15) is 19.4 Å². The number of methoxy groups -OCH3 is 2. The summed E-state index contributed by atoms with van der Waals surface area (Å²) in [5, 5.41) is 0. The van der Waals surface area contributed by atoms with Crippen molar-refractivity contribution in [3.05, 3.63) is 23.8 Å². The first-order chi connectivity index (χ1) is 8.11. The van der Waals surface area contributed by atoms with Gasteiger partial charge in [0, 0.05) is 13.7 Å². The molecule has 0 bridgehead atoms. The molecule has 2 N–H and O–H groups in total. The minimum Gasteiger partial charge on any atom is -0.493 e. The van der Waals surface area contributed by atoms with E-state index in [1.807, 2.05) is 32.0 Å². The molecule has 0 aliphatic rings. The number of nitrogens with two attached hydrogens (primary N) is 1. The second kappa shape index (κ2) is 5.89. The SMILES string of the molecule is CCOc1ccc(C(C)(CN)OC)cc1OC. The van der Waals surface area contributed by atoms with Gasteiger partial charge in [-0.3, -0.25) is 0 Å². The van der Waals surface area contributed by atoms with Gasteiger partial charge in [0.25, 0.3) is 0 Å². The van der Waals surface area contributed by atoms with Gasteiger partial charge >= 0.3 is 0 Å². The Bertz CT molecular complexity index is 362. The molecule has 1 rings (SSSR count). The number of hydrogen-bond acceptors (Lipinski definition) is 4. The van der Waals surface area contributed by atoms with Crippen molar-refractivity contribution in [2.75, 3.05) is 27.4 Å². The van der Waals surface area contributed by atoms with Gasteiger partial charge in [-0.2, -0.15) is 0 Å². The lowest BCUT2D eigenvalue weighted by molar-refractivity contribution is 0.00987. The third-order valence-electron chi connectivity index (χ3n) is 2.91. The molecule has 0 heterocycles. The number of hydrogen-bond donors (Lipinski definition) is 1. The molecule has 4 nitrogen and oxygen atoms in total. The molecule has 1 unspecified atom stereocenters. The summed E-state index contributed by atoms with van der Waals surface area (Å²) in [5.41, 5.74) is 6.21. The van der Waals surface area contributed by atoms with E-state index in [-0.39, 0.29) is 0 Å². The summed E-state index contributed by atoms with van der Waals surface area (Å²) in [7, 11) is 3.27. The highest BCUT2D eigenvalue weighted by Gasteiger charge is 2.25. The van der Waals surface area contributed by atoms with Crippen LogP contribution >= 0.6 is 0 Å². The van der Waals surface area contributed by atoms with E-state index in [2.05, 4.69) is 0 Å². The second-order valence-corrected chi connectivity index (χ2v) is 3.94. The smallest absolute Gasteiger partial charge is 0.161 e. The molecule has 0 saturated heterocycles. The summed E-state index contributed by atoms with van der Waals surface area (Å²) >= 11 is 0. The highest BCUT2D eigenvalue weighted by Crippen LogP contribution is 2.33. The lowest BCUT2D eigenvalue weighted by atomic mass is 9.95. The summed E-state index contributed by atoms with van der Waals surface area (Å²) in [6.07, 6.45) is 0. The molecule has 0 aromatic heterocycles. The maximum Gasteiger partial charge on any atom is 0.161 e. The Balaban J connectivity index is 3.12. The number of ether oxygens (including phenoxy) is 3. The van der Waals surface area contributed by atoms with E-state index >= 15 is 0 Å². The van der Waals surface area contributed by atoms with Crippen molar-refractivity contribution in [3.63, 3.8) is 0 Å². The fourth-order valence-corrected chi connectivity index (χ4v) is 1.59. The number of benzene rings is 1. The van der Waals surface area contributed by atoms with Gasteiger partial charge in [0.2, 0.25) is 0 Å². The first-order valence-electron chi connectivity index (χ1n) is 5.67. The molecule has 1 aromatic carbocycles.